The minimum atomic E-state index is -3.09. The SMILES string of the molecule is CN(CC1CCN(CC(=O)NC2CCCC2)CC1)S(C)(=O)=O. The van der Waals surface area contributed by atoms with Gasteiger partial charge in [0, 0.05) is 19.6 Å². The summed E-state index contributed by atoms with van der Waals surface area (Å²) < 4.78 is 24.3. The first-order chi connectivity index (χ1) is 10.3. The van der Waals surface area contributed by atoms with Crippen LogP contribution in [0.4, 0.5) is 0 Å². The minimum absolute atomic E-state index is 0.138. The zero-order chi connectivity index (χ0) is 16.2. The predicted molar refractivity (Wildman–Crippen MR) is 87.0 cm³/mol. The molecule has 22 heavy (non-hydrogen) atoms. The molecule has 0 unspecified atom stereocenters. The molecule has 128 valence electrons. The second kappa shape index (κ2) is 7.75. The van der Waals surface area contributed by atoms with Gasteiger partial charge in [0.2, 0.25) is 15.9 Å². The first kappa shape index (κ1) is 17.7. The predicted octanol–water partition coefficient (Wildman–Crippen LogP) is 0.649. The molecule has 0 radical (unpaired) electrons. The third-order valence-corrected chi connectivity index (χ3v) is 6.16. The van der Waals surface area contributed by atoms with Crippen molar-refractivity contribution in [2.45, 2.75) is 44.6 Å². The molecule has 0 atom stereocenters. The number of carbonyl (C=O) groups is 1. The van der Waals surface area contributed by atoms with Gasteiger partial charge >= 0.3 is 0 Å². The molecule has 2 rings (SSSR count). The van der Waals surface area contributed by atoms with Crippen molar-refractivity contribution in [1.82, 2.24) is 14.5 Å². The van der Waals surface area contributed by atoms with Crippen LogP contribution in [-0.4, -0.2) is 69.1 Å². The van der Waals surface area contributed by atoms with Crippen LogP contribution in [0.5, 0.6) is 0 Å². The van der Waals surface area contributed by atoms with Crippen LogP contribution in [0, 0.1) is 5.92 Å². The number of amides is 1. The van der Waals surface area contributed by atoms with Crippen LogP contribution in [0.1, 0.15) is 38.5 Å². The Kier molecular flexibility index (Phi) is 6.23. The molecule has 7 heteroatoms. The van der Waals surface area contributed by atoms with Crippen LogP contribution in [0.25, 0.3) is 0 Å². The van der Waals surface area contributed by atoms with Gasteiger partial charge in [-0.2, -0.15) is 0 Å². The Bertz CT molecular complexity index is 466. The van der Waals surface area contributed by atoms with E-state index in [0.29, 0.717) is 25.0 Å². The first-order valence-electron chi connectivity index (χ1n) is 8.27. The van der Waals surface area contributed by atoms with Crippen molar-refractivity contribution in [2.24, 2.45) is 5.92 Å². The van der Waals surface area contributed by atoms with Crippen LogP contribution in [-0.2, 0) is 14.8 Å². The van der Waals surface area contributed by atoms with Crippen molar-refractivity contribution in [3.63, 3.8) is 0 Å². The quantitative estimate of drug-likeness (QED) is 0.776. The lowest BCUT2D eigenvalue weighted by Gasteiger charge is -2.33. The van der Waals surface area contributed by atoms with Crippen molar-refractivity contribution in [3.8, 4) is 0 Å². The van der Waals surface area contributed by atoms with Gasteiger partial charge in [-0.25, -0.2) is 12.7 Å². The Labute approximate surface area is 134 Å². The molecule has 0 aromatic carbocycles. The summed E-state index contributed by atoms with van der Waals surface area (Å²) in [4.78, 5) is 14.2. The van der Waals surface area contributed by atoms with Crippen molar-refractivity contribution in [2.75, 3.05) is 39.5 Å². The van der Waals surface area contributed by atoms with Crippen LogP contribution in [0.3, 0.4) is 0 Å². The Hall–Kier alpha value is -0.660. The van der Waals surface area contributed by atoms with E-state index in [-0.39, 0.29) is 5.91 Å². The Morgan fingerprint density at radius 3 is 2.32 bits per heavy atom. The summed E-state index contributed by atoms with van der Waals surface area (Å²) in [5.41, 5.74) is 0. The molecule has 2 fully saturated rings. The van der Waals surface area contributed by atoms with Crippen LogP contribution in [0.15, 0.2) is 0 Å². The monoisotopic (exact) mass is 331 g/mol. The highest BCUT2D eigenvalue weighted by molar-refractivity contribution is 7.88. The van der Waals surface area contributed by atoms with E-state index in [1.807, 2.05) is 0 Å². The van der Waals surface area contributed by atoms with Gasteiger partial charge in [-0.3, -0.25) is 9.69 Å². The zero-order valence-corrected chi connectivity index (χ0v) is 14.6. The van der Waals surface area contributed by atoms with E-state index in [4.69, 9.17) is 0 Å². The van der Waals surface area contributed by atoms with Crippen molar-refractivity contribution >= 4 is 15.9 Å². The fourth-order valence-electron chi connectivity index (χ4n) is 3.37. The normalized spacial score (nSPS) is 22.3. The second-order valence-electron chi connectivity index (χ2n) is 6.81. The zero-order valence-electron chi connectivity index (χ0n) is 13.8. The smallest absolute Gasteiger partial charge is 0.234 e. The highest BCUT2D eigenvalue weighted by Crippen LogP contribution is 2.20. The van der Waals surface area contributed by atoms with Gasteiger partial charge in [0.05, 0.1) is 12.8 Å². The molecule has 0 spiro atoms. The average molecular weight is 331 g/mol. The van der Waals surface area contributed by atoms with Gasteiger partial charge in [0.1, 0.15) is 0 Å². The van der Waals surface area contributed by atoms with E-state index in [0.717, 1.165) is 38.8 Å². The Morgan fingerprint density at radius 2 is 1.77 bits per heavy atom. The highest BCUT2D eigenvalue weighted by atomic mass is 32.2. The maximum atomic E-state index is 12.0. The molecule has 1 heterocycles. The number of piperidine rings is 1. The molecule has 0 aromatic heterocycles. The van der Waals surface area contributed by atoms with E-state index < -0.39 is 10.0 Å². The number of nitrogens with one attached hydrogen (secondary N) is 1. The first-order valence-corrected chi connectivity index (χ1v) is 10.1. The Morgan fingerprint density at radius 1 is 1.18 bits per heavy atom. The minimum Gasteiger partial charge on any atom is -0.352 e. The van der Waals surface area contributed by atoms with Crippen LogP contribution >= 0.6 is 0 Å². The van der Waals surface area contributed by atoms with Crippen LogP contribution in [0.2, 0.25) is 0 Å². The van der Waals surface area contributed by atoms with E-state index in [1.54, 1.807) is 7.05 Å². The van der Waals surface area contributed by atoms with E-state index in [2.05, 4.69) is 10.2 Å². The average Bonchev–Trinajstić information content (AvgIpc) is 2.92. The van der Waals surface area contributed by atoms with Gasteiger partial charge < -0.3 is 5.32 Å². The van der Waals surface area contributed by atoms with Gasteiger partial charge in [-0.15, -0.1) is 0 Å². The molecule has 0 aromatic rings. The molecule has 1 aliphatic carbocycles. The van der Waals surface area contributed by atoms with E-state index >= 15 is 0 Å². The lowest BCUT2D eigenvalue weighted by atomic mass is 9.97. The largest absolute Gasteiger partial charge is 0.352 e. The summed E-state index contributed by atoms with van der Waals surface area (Å²) in [6, 6.07) is 0.383. The number of sulfonamides is 1. The van der Waals surface area contributed by atoms with E-state index in [9.17, 15) is 13.2 Å². The summed E-state index contributed by atoms with van der Waals surface area (Å²) in [5.74, 6) is 0.535. The highest BCUT2D eigenvalue weighted by Gasteiger charge is 2.25. The number of hydrogen-bond donors (Lipinski definition) is 1. The maximum Gasteiger partial charge on any atom is 0.234 e. The molecule has 1 saturated carbocycles. The third kappa shape index (κ3) is 5.52. The number of hydrogen-bond acceptors (Lipinski definition) is 4. The summed E-state index contributed by atoms with van der Waals surface area (Å²) in [7, 11) is -1.46. The molecular formula is C15H29N3O3S. The van der Waals surface area contributed by atoms with Crippen molar-refractivity contribution in [3.05, 3.63) is 0 Å². The number of rotatable bonds is 6. The Balaban J connectivity index is 1.67. The number of carbonyl (C=O) groups excluding carboxylic acids is 1. The summed E-state index contributed by atoms with van der Waals surface area (Å²) in [5, 5.41) is 3.12. The fraction of sp³-hybridized carbons (Fsp3) is 0.933. The molecule has 1 N–H and O–H groups in total. The van der Waals surface area contributed by atoms with Crippen molar-refractivity contribution in [1.29, 1.82) is 0 Å². The third-order valence-electron chi connectivity index (χ3n) is 4.88. The number of likely N-dealkylation sites (tertiary alicyclic amines) is 1. The summed E-state index contributed by atoms with van der Waals surface area (Å²) >= 11 is 0. The van der Waals surface area contributed by atoms with Crippen LogP contribution < -0.4 is 5.32 Å². The summed E-state index contributed by atoms with van der Waals surface area (Å²) in [6.07, 6.45) is 7.84. The van der Waals surface area contributed by atoms with Gasteiger partial charge in [0.25, 0.3) is 0 Å². The summed E-state index contributed by atoms with van der Waals surface area (Å²) in [6.45, 7) is 2.81. The molecule has 0 bridgehead atoms. The van der Waals surface area contributed by atoms with Gasteiger partial charge in [-0.1, -0.05) is 12.8 Å². The lowest BCUT2D eigenvalue weighted by Crippen LogP contribution is -2.45. The van der Waals surface area contributed by atoms with Gasteiger partial charge in [-0.05, 0) is 44.7 Å². The molecule has 1 aliphatic heterocycles. The molecule has 1 saturated heterocycles. The standard InChI is InChI=1S/C15H29N3O3S/c1-17(22(2,20)21)11-13-7-9-18(10-8-13)12-15(19)16-14-5-3-4-6-14/h13-14H,3-12H2,1-2H3,(H,16,19). The number of nitrogens with zero attached hydrogens (tertiary/aromatic N) is 2. The molecule has 2 aliphatic rings. The van der Waals surface area contributed by atoms with Crippen molar-refractivity contribution < 1.29 is 13.2 Å². The maximum absolute atomic E-state index is 12.0. The molecule has 6 nitrogen and oxygen atoms in total. The second-order valence-corrected chi connectivity index (χ2v) is 8.90. The fourth-order valence-corrected chi connectivity index (χ4v) is 3.85. The molecule has 1 amide bonds. The lowest BCUT2D eigenvalue weighted by molar-refractivity contribution is -0.123. The topological polar surface area (TPSA) is 69.7 Å². The molecular weight excluding hydrogens is 302 g/mol. The van der Waals surface area contributed by atoms with E-state index in [1.165, 1.54) is 23.4 Å². The van der Waals surface area contributed by atoms with Gasteiger partial charge in [0.15, 0.2) is 0 Å².